The summed E-state index contributed by atoms with van der Waals surface area (Å²) in [6, 6.07) is 3.94. The van der Waals surface area contributed by atoms with E-state index in [1.54, 1.807) is 0 Å². The fourth-order valence-corrected chi connectivity index (χ4v) is 1.97. The van der Waals surface area contributed by atoms with Gasteiger partial charge in [0, 0.05) is 12.1 Å². The maximum atomic E-state index is 10.5. The quantitative estimate of drug-likeness (QED) is 0.460. The van der Waals surface area contributed by atoms with Crippen molar-refractivity contribution in [2.45, 2.75) is 4.90 Å². The van der Waals surface area contributed by atoms with Gasteiger partial charge in [-0.25, -0.2) is 0 Å². The van der Waals surface area contributed by atoms with Crippen LogP contribution in [0.2, 0.25) is 0 Å². The Hall–Kier alpha value is -2.21. The third-order valence-electron chi connectivity index (χ3n) is 2.66. The predicted octanol–water partition coefficient (Wildman–Crippen LogP) is 1.38. The Bertz CT molecular complexity index is 629. The number of non-ortho nitro benzene ring substituents is 1. The summed E-state index contributed by atoms with van der Waals surface area (Å²) in [5.41, 5.74) is -0.229. The predicted molar refractivity (Wildman–Crippen MR) is 85.6 cm³/mol. The number of ether oxygens (including phenoxy) is 4. The molecular formula is C14H19NO9S. The number of nitro benzene ring substituents is 1. The van der Waals surface area contributed by atoms with Crippen molar-refractivity contribution in [3.8, 4) is 0 Å². The third-order valence-corrected chi connectivity index (χ3v) is 3.52. The summed E-state index contributed by atoms with van der Waals surface area (Å²) in [5.74, 6) is 0. The van der Waals surface area contributed by atoms with Crippen LogP contribution in [0.15, 0.2) is 41.7 Å². The number of benzene rings is 1. The molecule has 11 heteroatoms. The highest BCUT2D eigenvalue weighted by atomic mass is 32.2. The largest absolute Gasteiger partial charge is 0.496 e. The molecule has 0 saturated carbocycles. The van der Waals surface area contributed by atoms with E-state index < -0.39 is 15.0 Å². The minimum absolute atomic E-state index is 0.229. The highest BCUT2D eigenvalue weighted by Crippen LogP contribution is 2.14. The number of hydrogen-bond acceptors (Lipinski definition) is 8. The first-order valence-electron chi connectivity index (χ1n) is 7.17. The van der Waals surface area contributed by atoms with Gasteiger partial charge in [0.2, 0.25) is 0 Å². The van der Waals surface area contributed by atoms with Gasteiger partial charge in [0.05, 0.1) is 36.2 Å². The van der Waals surface area contributed by atoms with Gasteiger partial charge in [-0.3, -0.25) is 14.7 Å². The van der Waals surface area contributed by atoms with E-state index in [1.807, 2.05) is 0 Å². The molecule has 0 aliphatic carbocycles. The Morgan fingerprint density at radius 1 is 0.880 bits per heavy atom. The number of nitrogens with zero attached hydrogens (tertiary/aromatic N) is 1. The van der Waals surface area contributed by atoms with E-state index in [1.165, 1.54) is 12.5 Å². The highest BCUT2D eigenvalue weighted by Gasteiger charge is 2.11. The van der Waals surface area contributed by atoms with Crippen molar-refractivity contribution in [3.05, 3.63) is 46.9 Å². The second-order valence-electron chi connectivity index (χ2n) is 4.46. The van der Waals surface area contributed by atoms with Gasteiger partial charge < -0.3 is 18.9 Å². The number of rotatable bonds is 2. The summed E-state index contributed by atoms with van der Waals surface area (Å²) >= 11 is 0. The van der Waals surface area contributed by atoms with E-state index in [2.05, 4.69) is 0 Å². The molecule has 0 bridgehead atoms. The van der Waals surface area contributed by atoms with Crippen LogP contribution in [0.1, 0.15) is 0 Å². The topological polar surface area (TPSA) is 134 Å². The zero-order chi connectivity index (χ0) is 18.5. The molecule has 1 N–H and O–H groups in total. The van der Waals surface area contributed by atoms with Gasteiger partial charge in [-0.2, -0.15) is 8.42 Å². The van der Waals surface area contributed by atoms with Crippen molar-refractivity contribution in [2.75, 3.05) is 39.6 Å². The van der Waals surface area contributed by atoms with Gasteiger partial charge in [-0.15, -0.1) is 0 Å². The maximum absolute atomic E-state index is 10.5. The van der Waals surface area contributed by atoms with E-state index in [-0.39, 0.29) is 10.6 Å². The van der Waals surface area contributed by atoms with Crippen molar-refractivity contribution >= 4 is 15.8 Å². The molecule has 10 nitrogen and oxygen atoms in total. The molecule has 1 aromatic rings. The molecule has 1 aromatic carbocycles. The summed E-state index contributed by atoms with van der Waals surface area (Å²) < 4.78 is 50.0. The molecule has 0 spiro atoms. The maximum Gasteiger partial charge on any atom is 0.294 e. The van der Waals surface area contributed by atoms with Crippen LogP contribution in [0.4, 0.5) is 5.69 Å². The molecule has 0 fully saturated rings. The van der Waals surface area contributed by atoms with Crippen LogP contribution >= 0.6 is 0 Å². The van der Waals surface area contributed by atoms with Crippen LogP contribution in [0.5, 0.6) is 0 Å². The average molecular weight is 377 g/mol. The van der Waals surface area contributed by atoms with Crippen molar-refractivity contribution in [1.82, 2.24) is 0 Å². The van der Waals surface area contributed by atoms with Gasteiger partial charge in [-0.1, -0.05) is 0 Å². The zero-order valence-corrected chi connectivity index (χ0v) is 14.1. The molecule has 0 amide bonds. The molecule has 2 rings (SSSR count). The third kappa shape index (κ3) is 9.62. The average Bonchev–Trinajstić information content (AvgIpc) is 2.55. The highest BCUT2D eigenvalue weighted by molar-refractivity contribution is 7.85. The molecular weight excluding hydrogens is 358 g/mol. The SMILES string of the molecule is C1=C\OCCOCCOCCO/1.O=[N+]([O-])c1ccc(S(=O)(=O)O)cc1. The summed E-state index contributed by atoms with van der Waals surface area (Å²) in [6.45, 7) is 3.53. The van der Waals surface area contributed by atoms with Gasteiger partial charge in [0.25, 0.3) is 15.8 Å². The normalized spacial score (nSPS) is 17.3. The lowest BCUT2D eigenvalue weighted by atomic mass is 10.3. The molecule has 0 atom stereocenters. The molecule has 0 radical (unpaired) electrons. The van der Waals surface area contributed by atoms with E-state index in [0.717, 1.165) is 24.3 Å². The molecule has 1 aliphatic heterocycles. The smallest absolute Gasteiger partial charge is 0.294 e. The van der Waals surface area contributed by atoms with Gasteiger partial charge in [-0.05, 0) is 12.1 Å². The van der Waals surface area contributed by atoms with Crippen molar-refractivity contribution in [1.29, 1.82) is 0 Å². The van der Waals surface area contributed by atoms with Crippen molar-refractivity contribution in [2.24, 2.45) is 0 Å². The first kappa shape index (κ1) is 20.8. The second kappa shape index (κ2) is 11.4. The monoisotopic (exact) mass is 377 g/mol. The molecule has 140 valence electrons. The van der Waals surface area contributed by atoms with Crippen LogP contribution in [0.3, 0.4) is 0 Å². The zero-order valence-electron chi connectivity index (χ0n) is 13.3. The summed E-state index contributed by atoms with van der Waals surface area (Å²) in [7, 11) is -4.27. The van der Waals surface area contributed by atoms with Crippen LogP contribution in [0, 0.1) is 10.1 Å². The Balaban J connectivity index is 0.000000251. The minimum Gasteiger partial charge on any atom is -0.496 e. The molecule has 0 aromatic heterocycles. The summed E-state index contributed by atoms with van der Waals surface area (Å²) in [5, 5.41) is 10.2. The molecule has 1 heterocycles. The van der Waals surface area contributed by atoms with Gasteiger partial charge in [0.1, 0.15) is 25.7 Å². The lowest BCUT2D eigenvalue weighted by Gasteiger charge is -2.07. The van der Waals surface area contributed by atoms with E-state index >= 15 is 0 Å². The molecule has 0 unspecified atom stereocenters. The van der Waals surface area contributed by atoms with Crippen molar-refractivity contribution < 1.29 is 36.8 Å². The first-order valence-corrected chi connectivity index (χ1v) is 8.61. The fourth-order valence-electron chi connectivity index (χ4n) is 1.49. The lowest BCUT2D eigenvalue weighted by Crippen LogP contribution is -2.11. The van der Waals surface area contributed by atoms with E-state index in [4.69, 9.17) is 23.5 Å². The molecule has 1 aliphatic rings. The van der Waals surface area contributed by atoms with Crippen LogP contribution in [0.25, 0.3) is 0 Å². The Morgan fingerprint density at radius 3 is 1.72 bits per heavy atom. The van der Waals surface area contributed by atoms with Gasteiger partial charge >= 0.3 is 0 Å². The number of nitro groups is 1. The first-order chi connectivity index (χ1) is 11.9. The lowest BCUT2D eigenvalue weighted by molar-refractivity contribution is -0.384. The standard InChI is InChI=1S/C8H14O4.C6H5NO5S/c1-2-10-5-6-12-8-7-11-4-3-9-1;8-7(9)5-1-3-6(4-2-5)13(10,11)12/h1-2H,3-8H2;1-4H,(H,10,11,12)/b2-1-;. The summed E-state index contributed by atoms with van der Waals surface area (Å²) in [6.07, 6.45) is 3.04. The van der Waals surface area contributed by atoms with Gasteiger partial charge in [0.15, 0.2) is 0 Å². The Morgan fingerprint density at radius 2 is 1.32 bits per heavy atom. The van der Waals surface area contributed by atoms with E-state index in [0.29, 0.717) is 39.6 Å². The van der Waals surface area contributed by atoms with Crippen LogP contribution < -0.4 is 0 Å². The fraction of sp³-hybridized carbons (Fsp3) is 0.429. The van der Waals surface area contributed by atoms with Crippen LogP contribution in [-0.4, -0.2) is 57.5 Å². The molecule has 25 heavy (non-hydrogen) atoms. The van der Waals surface area contributed by atoms with Crippen LogP contribution in [-0.2, 0) is 29.1 Å². The van der Waals surface area contributed by atoms with Crippen molar-refractivity contribution in [3.63, 3.8) is 0 Å². The number of hydrogen-bond donors (Lipinski definition) is 1. The Labute approximate surface area is 144 Å². The summed E-state index contributed by atoms with van der Waals surface area (Å²) in [4.78, 5) is 9.13. The molecule has 0 saturated heterocycles. The Kier molecular flexibility index (Phi) is 9.47. The second-order valence-corrected chi connectivity index (χ2v) is 5.89. The van der Waals surface area contributed by atoms with E-state index in [9.17, 15) is 18.5 Å². The minimum atomic E-state index is -4.27.